The molecule has 1 radical (unpaired) electrons. The number of rotatable bonds is 5. The molecule has 6 nitrogen and oxygen atoms in total. The lowest BCUT2D eigenvalue weighted by Crippen LogP contribution is -2.60. The molecule has 36 heavy (non-hydrogen) atoms. The average Bonchev–Trinajstić information content (AvgIpc) is 2.83. The van der Waals surface area contributed by atoms with E-state index in [1.165, 1.54) is 32.1 Å². The van der Waals surface area contributed by atoms with Gasteiger partial charge in [-0.15, -0.1) is 0 Å². The van der Waals surface area contributed by atoms with E-state index in [-0.39, 0.29) is 5.95 Å². The summed E-state index contributed by atoms with van der Waals surface area (Å²) in [6, 6.07) is 6.53. The summed E-state index contributed by atoms with van der Waals surface area (Å²) < 4.78 is 44.4. The van der Waals surface area contributed by atoms with Gasteiger partial charge < -0.3 is 15.0 Å². The van der Waals surface area contributed by atoms with Crippen molar-refractivity contribution in [2.75, 3.05) is 43.5 Å². The number of nitrogens with zero attached hydrogens (tertiary/aromatic N) is 4. The predicted molar refractivity (Wildman–Crippen MR) is 133 cm³/mol. The molecular formula is C26H30ClF3N5O. The van der Waals surface area contributed by atoms with Gasteiger partial charge in [0.05, 0.1) is 12.8 Å². The maximum Gasteiger partial charge on any atom is 0.420 e. The monoisotopic (exact) mass is 520 g/mol. The van der Waals surface area contributed by atoms with Gasteiger partial charge in [-0.05, 0) is 67.9 Å². The summed E-state index contributed by atoms with van der Waals surface area (Å²) in [5.41, 5.74) is 0.550. The van der Waals surface area contributed by atoms with Crippen molar-refractivity contribution in [2.24, 2.45) is 17.8 Å². The minimum atomic E-state index is -4.60. The van der Waals surface area contributed by atoms with Crippen LogP contribution in [0.25, 0.3) is 0 Å². The summed E-state index contributed by atoms with van der Waals surface area (Å²) in [5, 5.41) is 2.28. The summed E-state index contributed by atoms with van der Waals surface area (Å²) in [6.07, 6.45) is 3.04. The molecule has 4 bridgehead atoms. The number of aromatic nitrogens is 2. The maximum atomic E-state index is 12.9. The first-order chi connectivity index (χ1) is 17.3. The minimum Gasteiger partial charge on any atom is -0.494 e. The van der Waals surface area contributed by atoms with Crippen molar-refractivity contribution in [1.82, 2.24) is 14.9 Å². The first-order valence-corrected chi connectivity index (χ1v) is 13.0. The van der Waals surface area contributed by atoms with Gasteiger partial charge in [0, 0.05) is 50.2 Å². The van der Waals surface area contributed by atoms with Crippen LogP contribution in [0, 0.1) is 23.7 Å². The van der Waals surface area contributed by atoms with Crippen LogP contribution >= 0.6 is 11.6 Å². The Bertz CT molecular complexity index is 1090. The van der Waals surface area contributed by atoms with Gasteiger partial charge in [0.25, 0.3) is 0 Å². The number of alkyl halides is 3. The van der Waals surface area contributed by atoms with Crippen LogP contribution in [0.1, 0.15) is 37.7 Å². The lowest BCUT2D eigenvalue weighted by atomic mass is 9.54. The molecule has 5 fully saturated rings. The predicted octanol–water partition coefficient (Wildman–Crippen LogP) is 5.81. The molecule has 1 aromatic carbocycles. The Morgan fingerprint density at radius 1 is 1.06 bits per heavy atom. The van der Waals surface area contributed by atoms with Crippen molar-refractivity contribution in [3.05, 3.63) is 41.0 Å². The van der Waals surface area contributed by atoms with E-state index in [1.54, 1.807) is 7.11 Å². The second-order valence-corrected chi connectivity index (χ2v) is 11.0. The largest absolute Gasteiger partial charge is 0.494 e. The maximum absolute atomic E-state index is 12.9. The Morgan fingerprint density at radius 3 is 2.39 bits per heavy atom. The lowest BCUT2D eigenvalue weighted by Gasteiger charge is -2.58. The van der Waals surface area contributed by atoms with E-state index in [2.05, 4.69) is 25.1 Å². The van der Waals surface area contributed by atoms with E-state index in [0.29, 0.717) is 17.6 Å². The molecule has 2 atom stereocenters. The fourth-order valence-electron chi connectivity index (χ4n) is 7.18. The molecule has 5 aliphatic rings. The number of hydrogen-bond donors (Lipinski definition) is 1. The minimum absolute atomic E-state index is 0.0264. The van der Waals surface area contributed by atoms with Crippen LogP contribution in [0.3, 0.4) is 0 Å². The lowest BCUT2D eigenvalue weighted by molar-refractivity contribution is -0.137. The second-order valence-electron chi connectivity index (χ2n) is 10.6. The van der Waals surface area contributed by atoms with Crippen molar-refractivity contribution in [3.63, 3.8) is 0 Å². The summed E-state index contributed by atoms with van der Waals surface area (Å²) >= 11 is 5.73. The first-order valence-electron chi connectivity index (χ1n) is 12.7. The van der Waals surface area contributed by atoms with Crippen molar-refractivity contribution < 1.29 is 17.9 Å². The first kappa shape index (κ1) is 24.1. The van der Waals surface area contributed by atoms with Crippen LogP contribution in [-0.4, -0.2) is 54.2 Å². The second kappa shape index (κ2) is 9.24. The number of halogens is 4. The molecule has 2 heterocycles. The van der Waals surface area contributed by atoms with Crippen LogP contribution in [0.5, 0.6) is 5.75 Å². The van der Waals surface area contributed by atoms with E-state index >= 15 is 0 Å². The third-order valence-electron chi connectivity index (χ3n) is 8.50. The van der Waals surface area contributed by atoms with Gasteiger partial charge in [-0.25, -0.2) is 9.97 Å². The van der Waals surface area contributed by atoms with Gasteiger partial charge >= 0.3 is 6.18 Å². The highest BCUT2D eigenvalue weighted by Gasteiger charge is 2.50. The molecule has 7 rings (SSSR count). The molecule has 1 aliphatic heterocycles. The Balaban J connectivity index is 1.11. The number of piperazine rings is 1. The van der Waals surface area contributed by atoms with E-state index in [9.17, 15) is 13.2 Å². The molecule has 4 aliphatic carbocycles. The van der Waals surface area contributed by atoms with Crippen LogP contribution in [0.4, 0.5) is 30.5 Å². The topological polar surface area (TPSA) is 53.5 Å². The SMILES string of the molecule is COc1cc(N2CCN(C3C4C[C]5CC(C4)CC3C5)CC2)ccc1Nc1ncc(C(F)(F)F)c(Cl)n1. The zero-order valence-corrected chi connectivity index (χ0v) is 20.9. The molecule has 193 valence electrons. The van der Waals surface area contributed by atoms with Crippen molar-refractivity contribution >= 4 is 28.9 Å². The normalized spacial score (nSPS) is 28.5. The Hall–Kier alpha value is -2.26. The van der Waals surface area contributed by atoms with Gasteiger partial charge in [0.1, 0.15) is 16.5 Å². The van der Waals surface area contributed by atoms with E-state index < -0.39 is 16.9 Å². The molecule has 2 unspecified atom stereocenters. The zero-order chi connectivity index (χ0) is 25.0. The van der Waals surface area contributed by atoms with Gasteiger partial charge in [0.15, 0.2) is 0 Å². The molecule has 2 aromatic rings. The smallest absolute Gasteiger partial charge is 0.420 e. The van der Waals surface area contributed by atoms with E-state index in [1.807, 2.05) is 24.1 Å². The number of nitrogens with one attached hydrogen (secondary N) is 1. The third kappa shape index (κ3) is 4.49. The third-order valence-corrected chi connectivity index (χ3v) is 8.79. The van der Waals surface area contributed by atoms with Crippen LogP contribution in [0.2, 0.25) is 5.15 Å². The van der Waals surface area contributed by atoms with Crippen LogP contribution in [0.15, 0.2) is 24.4 Å². The Labute approximate surface area is 214 Å². The molecular weight excluding hydrogens is 491 g/mol. The molecule has 4 saturated carbocycles. The number of methoxy groups -OCH3 is 1. The average molecular weight is 521 g/mol. The van der Waals surface area contributed by atoms with Gasteiger partial charge in [-0.1, -0.05) is 11.6 Å². The molecule has 1 N–H and O–H groups in total. The summed E-state index contributed by atoms with van der Waals surface area (Å²) in [7, 11) is 1.56. The molecule has 10 heteroatoms. The van der Waals surface area contributed by atoms with Crippen molar-refractivity contribution in [1.29, 1.82) is 0 Å². The van der Waals surface area contributed by atoms with Gasteiger partial charge in [-0.3, -0.25) is 4.90 Å². The van der Waals surface area contributed by atoms with Gasteiger partial charge in [-0.2, -0.15) is 13.2 Å². The summed E-state index contributed by atoms with van der Waals surface area (Å²) in [4.78, 5) is 12.7. The molecule has 0 amide bonds. The van der Waals surface area contributed by atoms with Crippen molar-refractivity contribution in [3.8, 4) is 5.75 Å². The quantitative estimate of drug-likeness (QED) is 0.502. The van der Waals surface area contributed by atoms with Gasteiger partial charge in [0.2, 0.25) is 5.95 Å². The van der Waals surface area contributed by atoms with E-state index in [4.69, 9.17) is 16.3 Å². The highest BCUT2D eigenvalue weighted by molar-refractivity contribution is 6.30. The molecule has 1 saturated heterocycles. The fourth-order valence-corrected chi connectivity index (χ4v) is 7.41. The van der Waals surface area contributed by atoms with Crippen molar-refractivity contribution in [2.45, 2.75) is 44.3 Å². The Morgan fingerprint density at radius 2 is 1.78 bits per heavy atom. The zero-order valence-electron chi connectivity index (χ0n) is 20.2. The molecule has 0 spiro atoms. The Kier molecular flexibility index (Phi) is 6.19. The van der Waals surface area contributed by atoms with Crippen LogP contribution < -0.4 is 15.0 Å². The summed E-state index contributed by atoms with van der Waals surface area (Å²) in [6.45, 7) is 4.06. The number of ether oxygens (including phenoxy) is 1. The number of hydrogen-bond acceptors (Lipinski definition) is 6. The highest BCUT2D eigenvalue weighted by Crippen LogP contribution is 2.56. The summed E-state index contributed by atoms with van der Waals surface area (Å²) in [5.74, 6) is 5.06. The number of anilines is 3. The highest BCUT2D eigenvalue weighted by atomic mass is 35.5. The standard InChI is InChI=1S/C26H30ClF3N5O/c1-36-22-13-19(2-3-21(22)32-25-31-14-20(24(27)33-25)26(28,29)30)34-4-6-35(7-5-34)23-17-9-15-8-16(11-17)12-18(23)10-15/h2-3,13-15,17-18,23H,4-12H2,1H3,(H,31,32,33). The fraction of sp³-hybridized carbons (Fsp3) is 0.577. The van der Waals surface area contributed by atoms with Crippen LogP contribution in [-0.2, 0) is 6.18 Å². The number of benzene rings is 1. The molecule has 1 aromatic heterocycles. The van der Waals surface area contributed by atoms with E-state index in [0.717, 1.165) is 55.7 Å².